The normalized spacial score (nSPS) is 21.6. The van der Waals surface area contributed by atoms with E-state index in [4.69, 9.17) is 9.26 Å². The lowest BCUT2D eigenvalue weighted by Crippen LogP contribution is -2.51. The van der Waals surface area contributed by atoms with Gasteiger partial charge in [-0.15, -0.1) is 0 Å². The van der Waals surface area contributed by atoms with E-state index in [9.17, 15) is 4.79 Å². The second-order valence-electron chi connectivity index (χ2n) is 8.95. The summed E-state index contributed by atoms with van der Waals surface area (Å²) in [5.41, 5.74) is 0.879. The molecule has 6 heteroatoms. The largest absolute Gasteiger partial charge is 0.375 e. The van der Waals surface area contributed by atoms with Crippen molar-refractivity contribution in [3.8, 4) is 11.4 Å². The maximum absolute atomic E-state index is 12.4. The quantitative estimate of drug-likeness (QED) is 0.759. The number of nitrogens with zero attached hydrogens (tertiary/aromatic N) is 3. The molecule has 0 aliphatic carbocycles. The molecule has 2 aromatic rings. The van der Waals surface area contributed by atoms with Gasteiger partial charge in [-0.2, -0.15) is 4.98 Å². The van der Waals surface area contributed by atoms with Crippen LogP contribution < -0.4 is 0 Å². The standard InChI is InChI=1S/C23H31N3O3/c1-17(2)14-21(27)26-11-9-23(10-12-26)16-18(8-13-28-23)15-20-24-22(25-29-20)19-6-4-3-5-7-19/h3-7,17-18H,8-16H2,1-2H3. The van der Waals surface area contributed by atoms with Crippen molar-refractivity contribution in [2.75, 3.05) is 19.7 Å². The summed E-state index contributed by atoms with van der Waals surface area (Å²) in [6.07, 6.45) is 5.29. The van der Waals surface area contributed by atoms with Crippen LogP contribution in [-0.4, -0.2) is 46.2 Å². The van der Waals surface area contributed by atoms with Gasteiger partial charge in [-0.1, -0.05) is 49.3 Å². The summed E-state index contributed by atoms with van der Waals surface area (Å²) in [4.78, 5) is 19.0. The third-order valence-corrected chi connectivity index (χ3v) is 6.17. The second-order valence-corrected chi connectivity index (χ2v) is 8.95. The van der Waals surface area contributed by atoms with Crippen molar-refractivity contribution in [3.63, 3.8) is 0 Å². The molecule has 6 nitrogen and oxygen atoms in total. The first-order valence-corrected chi connectivity index (χ1v) is 10.8. The van der Waals surface area contributed by atoms with Gasteiger partial charge in [-0.05, 0) is 37.5 Å². The second kappa shape index (κ2) is 8.66. The maximum atomic E-state index is 12.4. The van der Waals surface area contributed by atoms with E-state index in [0.29, 0.717) is 30.0 Å². The minimum atomic E-state index is -0.0974. The summed E-state index contributed by atoms with van der Waals surface area (Å²) in [6, 6.07) is 9.92. The predicted octanol–water partition coefficient (Wildman–Crippen LogP) is 4.11. The third kappa shape index (κ3) is 4.86. The minimum absolute atomic E-state index is 0.0974. The van der Waals surface area contributed by atoms with Crippen molar-refractivity contribution in [1.82, 2.24) is 15.0 Å². The topological polar surface area (TPSA) is 68.5 Å². The van der Waals surface area contributed by atoms with Crippen LogP contribution in [0.1, 0.15) is 51.8 Å². The molecule has 3 heterocycles. The molecule has 1 amide bonds. The van der Waals surface area contributed by atoms with Crippen molar-refractivity contribution in [3.05, 3.63) is 36.2 Å². The van der Waals surface area contributed by atoms with Crippen LogP contribution in [0, 0.1) is 11.8 Å². The predicted molar refractivity (Wildman–Crippen MR) is 110 cm³/mol. The van der Waals surface area contributed by atoms with Crippen molar-refractivity contribution >= 4 is 5.91 Å². The molecule has 0 N–H and O–H groups in total. The van der Waals surface area contributed by atoms with Crippen molar-refractivity contribution in [2.45, 2.75) is 58.0 Å². The number of hydrogen-bond acceptors (Lipinski definition) is 5. The number of amides is 1. The zero-order chi connectivity index (χ0) is 20.3. The molecule has 2 fully saturated rings. The van der Waals surface area contributed by atoms with Gasteiger partial charge in [0, 0.05) is 38.1 Å². The number of likely N-dealkylation sites (tertiary alicyclic amines) is 1. The molecule has 0 saturated carbocycles. The fourth-order valence-electron chi connectivity index (χ4n) is 4.58. The highest BCUT2D eigenvalue weighted by molar-refractivity contribution is 5.76. The van der Waals surface area contributed by atoms with E-state index in [-0.39, 0.29) is 11.5 Å². The summed E-state index contributed by atoms with van der Waals surface area (Å²) >= 11 is 0. The SMILES string of the molecule is CC(C)CC(=O)N1CCC2(CC1)CC(Cc1nc(-c3ccccc3)no1)CCO2. The van der Waals surface area contributed by atoms with Crippen LogP contribution in [0.4, 0.5) is 0 Å². The van der Waals surface area contributed by atoms with Crippen molar-refractivity contribution in [2.24, 2.45) is 11.8 Å². The van der Waals surface area contributed by atoms with Gasteiger partial charge in [0.05, 0.1) is 5.60 Å². The molecule has 156 valence electrons. The number of piperidine rings is 1. The summed E-state index contributed by atoms with van der Waals surface area (Å²) in [7, 11) is 0. The number of rotatable bonds is 5. The molecule has 1 aromatic heterocycles. The number of benzene rings is 1. The van der Waals surface area contributed by atoms with E-state index in [2.05, 4.69) is 24.0 Å². The van der Waals surface area contributed by atoms with Crippen molar-refractivity contribution in [1.29, 1.82) is 0 Å². The van der Waals surface area contributed by atoms with E-state index in [1.165, 1.54) is 0 Å². The van der Waals surface area contributed by atoms with Gasteiger partial charge >= 0.3 is 0 Å². The van der Waals surface area contributed by atoms with Gasteiger partial charge in [-0.25, -0.2) is 0 Å². The first kappa shape index (κ1) is 20.1. The molecule has 1 unspecified atom stereocenters. The van der Waals surface area contributed by atoms with E-state index in [1.807, 2.05) is 35.2 Å². The lowest BCUT2D eigenvalue weighted by molar-refractivity contribution is -0.147. The fourth-order valence-corrected chi connectivity index (χ4v) is 4.58. The van der Waals surface area contributed by atoms with Crippen LogP contribution >= 0.6 is 0 Å². The molecular formula is C23H31N3O3. The molecular weight excluding hydrogens is 366 g/mol. The molecule has 1 atom stereocenters. The molecule has 2 saturated heterocycles. The third-order valence-electron chi connectivity index (χ3n) is 6.17. The Kier molecular flexibility index (Phi) is 5.99. The Bertz CT molecular complexity index is 810. The number of carbonyl (C=O) groups is 1. The lowest BCUT2D eigenvalue weighted by atomic mass is 9.78. The summed E-state index contributed by atoms with van der Waals surface area (Å²) < 4.78 is 11.8. The Labute approximate surface area is 172 Å². The monoisotopic (exact) mass is 397 g/mol. The molecule has 0 bridgehead atoms. The molecule has 29 heavy (non-hydrogen) atoms. The van der Waals surface area contributed by atoms with Crippen molar-refractivity contribution < 1.29 is 14.1 Å². The molecule has 1 spiro atoms. The average Bonchev–Trinajstić information content (AvgIpc) is 3.17. The summed E-state index contributed by atoms with van der Waals surface area (Å²) in [5, 5.41) is 4.15. The zero-order valence-electron chi connectivity index (χ0n) is 17.5. The molecule has 2 aliphatic heterocycles. The Morgan fingerprint density at radius 3 is 2.72 bits per heavy atom. The van der Waals surface area contributed by atoms with E-state index < -0.39 is 0 Å². The van der Waals surface area contributed by atoms with Crippen LogP contribution in [0.25, 0.3) is 11.4 Å². The fraction of sp³-hybridized carbons (Fsp3) is 0.609. The van der Waals surface area contributed by atoms with Crippen LogP contribution in [0.15, 0.2) is 34.9 Å². The van der Waals surface area contributed by atoms with E-state index >= 15 is 0 Å². The first-order valence-electron chi connectivity index (χ1n) is 10.8. The summed E-state index contributed by atoms with van der Waals surface area (Å²) in [5.74, 6) is 2.52. The number of aromatic nitrogens is 2. The maximum Gasteiger partial charge on any atom is 0.227 e. The Morgan fingerprint density at radius 2 is 2.00 bits per heavy atom. The smallest absolute Gasteiger partial charge is 0.227 e. The average molecular weight is 398 g/mol. The van der Waals surface area contributed by atoms with E-state index in [1.54, 1.807) is 0 Å². The van der Waals surface area contributed by atoms with Gasteiger partial charge in [-0.3, -0.25) is 4.79 Å². The Hall–Kier alpha value is -2.21. The number of hydrogen-bond donors (Lipinski definition) is 0. The minimum Gasteiger partial charge on any atom is -0.375 e. The lowest BCUT2D eigenvalue weighted by Gasteiger charge is -2.46. The van der Waals surface area contributed by atoms with Gasteiger partial charge in [0.15, 0.2) is 0 Å². The highest BCUT2D eigenvalue weighted by atomic mass is 16.5. The molecule has 0 radical (unpaired) electrons. The van der Waals surface area contributed by atoms with Gasteiger partial charge in [0.2, 0.25) is 17.6 Å². The van der Waals surface area contributed by atoms with Crippen LogP contribution in [0.5, 0.6) is 0 Å². The van der Waals surface area contributed by atoms with Crippen LogP contribution in [0.2, 0.25) is 0 Å². The highest BCUT2D eigenvalue weighted by Crippen LogP contribution is 2.39. The van der Waals surface area contributed by atoms with Gasteiger partial charge in [0.25, 0.3) is 0 Å². The van der Waals surface area contributed by atoms with Crippen LogP contribution in [0.3, 0.4) is 0 Å². The van der Waals surface area contributed by atoms with Gasteiger partial charge < -0.3 is 14.2 Å². The molecule has 4 rings (SSSR count). The number of ether oxygens (including phenoxy) is 1. The number of carbonyl (C=O) groups excluding carboxylic acids is 1. The Balaban J connectivity index is 1.34. The zero-order valence-corrected chi connectivity index (χ0v) is 17.5. The van der Waals surface area contributed by atoms with Crippen LogP contribution in [-0.2, 0) is 16.0 Å². The van der Waals surface area contributed by atoms with E-state index in [0.717, 1.165) is 57.4 Å². The summed E-state index contributed by atoms with van der Waals surface area (Å²) in [6.45, 7) is 6.57. The first-order chi connectivity index (χ1) is 14.0. The highest BCUT2D eigenvalue weighted by Gasteiger charge is 2.41. The Morgan fingerprint density at radius 1 is 1.24 bits per heavy atom. The van der Waals surface area contributed by atoms with Gasteiger partial charge in [0.1, 0.15) is 0 Å². The molecule has 1 aromatic carbocycles. The molecule has 2 aliphatic rings.